The molecule has 0 spiro atoms. The number of nitrogens with one attached hydrogen (secondary N) is 1. The molecule has 30 heavy (non-hydrogen) atoms. The Balaban J connectivity index is 1.85. The lowest BCUT2D eigenvalue weighted by Gasteiger charge is -2.17. The van der Waals surface area contributed by atoms with Gasteiger partial charge in [0, 0.05) is 12.2 Å². The van der Waals surface area contributed by atoms with Crippen molar-refractivity contribution in [2.45, 2.75) is 50.1 Å². The number of nitrogens with zero attached hydrogens (tertiary/aromatic N) is 2. The van der Waals surface area contributed by atoms with Crippen LogP contribution < -0.4 is 10.9 Å². The number of rotatable bonds is 9. The van der Waals surface area contributed by atoms with Crippen LogP contribution in [0.4, 0.5) is 5.69 Å². The second-order valence-electron chi connectivity index (χ2n) is 6.68. The first-order valence-electron chi connectivity index (χ1n) is 9.69. The quantitative estimate of drug-likeness (QED) is 0.381. The molecule has 0 aliphatic carbocycles. The van der Waals surface area contributed by atoms with Gasteiger partial charge in [-0.05, 0) is 42.0 Å². The van der Waals surface area contributed by atoms with E-state index < -0.39 is 11.2 Å². The first-order valence-corrected chi connectivity index (χ1v) is 11.4. The smallest absolute Gasteiger partial charge is 0.305 e. The molecule has 0 saturated carbocycles. The van der Waals surface area contributed by atoms with Crippen LogP contribution in [-0.2, 0) is 22.6 Å². The summed E-state index contributed by atoms with van der Waals surface area (Å²) in [6, 6.07) is 9.43. The monoisotopic (exact) mass is 445 g/mol. The van der Waals surface area contributed by atoms with Crippen LogP contribution in [0.5, 0.6) is 0 Å². The van der Waals surface area contributed by atoms with Gasteiger partial charge in [-0.3, -0.25) is 19.0 Å². The van der Waals surface area contributed by atoms with E-state index in [9.17, 15) is 14.4 Å². The highest BCUT2D eigenvalue weighted by molar-refractivity contribution is 8.00. The van der Waals surface area contributed by atoms with Crippen molar-refractivity contribution in [3.8, 4) is 0 Å². The Morgan fingerprint density at radius 1 is 1.23 bits per heavy atom. The largest absolute Gasteiger partial charge is 0.481 e. The molecule has 0 aliphatic heterocycles. The van der Waals surface area contributed by atoms with Crippen molar-refractivity contribution in [3.05, 3.63) is 51.6 Å². The van der Waals surface area contributed by atoms with E-state index in [4.69, 9.17) is 5.11 Å². The van der Waals surface area contributed by atoms with Crippen LogP contribution in [0.15, 0.2) is 45.7 Å². The third-order valence-electron chi connectivity index (χ3n) is 4.62. The van der Waals surface area contributed by atoms with Crippen LogP contribution in [0.2, 0.25) is 0 Å². The Labute approximate surface area is 182 Å². The number of aromatic nitrogens is 2. The third kappa shape index (κ3) is 5.09. The molecule has 0 unspecified atom stereocenters. The highest BCUT2D eigenvalue weighted by Crippen LogP contribution is 2.27. The zero-order valence-corrected chi connectivity index (χ0v) is 18.4. The molecule has 3 aromatic rings. The molecule has 1 atom stereocenters. The number of carbonyl (C=O) groups excluding carboxylic acids is 1. The molecular weight excluding hydrogens is 422 g/mol. The fourth-order valence-electron chi connectivity index (χ4n) is 2.91. The molecule has 1 aromatic carbocycles. The van der Waals surface area contributed by atoms with Crippen LogP contribution in [-0.4, -0.2) is 31.8 Å². The maximum absolute atomic E-state index is 12.8. The summed E-state index contributed by atoms with van der Waals surface area (Å²) in [6.45, 7) is 3.96. The van der Waals surface area contributed by atoms with E-state index >= 15 is 0 Å². The number of benzene rings is 1. The van der Waals surface area contributed by atoms with E-state index in [1.165, 1.54) is 33.2 Å². The van der Waals surface area contributed by atoms with Crippen molar-refractivity contribution in [2.24, 2.45) is 0 Å². The van der Waals surface area contributed by atoms with Gasteiger partial charge in [0.2, 0.25) is 5.91 Å². The summed E-state index contributed by atoms with van der Waals surface area (Å²) in [4.78, 5) is 41.3. The minimum Gasteiger partial charge on any atom is -0.481 e. The number of hydrogen-bond donors (Lipinski definition) is 2. The fraction of sp³-hybridized carbons (Fsp3) is 0.333. The number of thioether (sulfide) groups is 1. The first-order chi connectivity index (χ1) is 14.4. The number of fused-ring (bicyclic) bond motifs is 1. The van der Waals surface area contributed by atoms with Crippen molar-refractivity contribution in [1.82, 2.24) is 9.55 Å². The van der Waals surface area contributed by atoms with Gasteiger partial charge in [0.1, 0.15) is 4.70 Å². The molecule has 0 saturated heterocycles. The number of hydrogen-bond acceptors (Lipinski definition) is 6. The number of anilines is 1. The number of carboxylic acids is 1. The fourth-order valence-corrected chi connectivity index (χ4v) is 4.73. The van der Waals surface area contributed by atoms with Gasteiger partial charge in [-0.1, -0.05) is 37.7 Å². The van der Waals surface area contributed by atoms with E-state index in [1.807, 2.05) is 31.2 Å². The number of aliphatic carboxylic acids is 1. The number of aryl methyl sites for hydroxylation is 1. The van der Waals surface area contributed by atoms with Gasteiger partial charge in [-0.25, -0.2) is 4.98 Å². The molecule has 7 nitrogen and oxygen atoms in total. The molecule has 0 fully saturated rings. The zero-order valence-electron chi connectivity index (χ0n) is 16.8. The molecule has 0 radical (unpaired) electrons. The summed E-state index contributed by atoms with van der Waals surface area (Å²) in [5.74, 6) is -1.18. The topological polar surface area (TPSA) is 101 Å². The molecule has 0 aliphatic rings. The average molecular weight is 446 g/mol. The van der Waals surface area contributed by atoms with Crippen molar-refractivity contribution >= 4 is 50.9 Å². The number of thiophene rings is 1. The summed E-state index contributed by atoms with van der Waals surface area (Å²) < 4.78 is 1.85. The minimum atomic E-state index is -0.996. The van der Waals surface area contributed by atoms with Gasteiger partial charge < -0.3 is 10.4 Å². The molecule has 2 heterocycles. The van der Waals surface area contributed by atoms with Crippen molar-refractivity contribution in [2.75, 3.05) is 5.32 Å². The van der Waals surface area contributed by atoms with E-state index in [-0.39, 0.29) is 24.4 Å². The summed E-state index contributed by atoms with van der Waals surface area (Å²) in [5.41, 5.74) is 2.18. The molecule has 9 heteroatoms. The number of amides is 1. The second kappa shape index (κ2) is 9.90. The van der Waals surface area contributed by atoms with E-state index in [1.54, 1.807) is 11.4 Å². The van der Waals surface area contributed by atoms with Crippen LogP contribution in [0.1, 0.15) is 32.3 Å². The van der Waals surface area contributed by atoms with Crippen molar-refractivity contribution in [1.29, 1.82) is 0 Å². The molecule has 1 amide bonds. The van der Waals surface area contributed by atoms with Crippen molar-refractivity contribution in [3.63, 3.8) is 0 Å². The Morgan fingerprint density at radius 3 is 2.60 bits per heavy atom. The Morgan fingerprint density at radius 2 is 1.97 bits per heavy atom. The maximum atomic E-state index is 12.8. The molecule has 2 aromatic heterocycles. The van der Waals surface area contributed by atoms with Crippen LogP contribution in [0.25, 0.3) is 10.2 Å². The number of carbonyl (C=O) groups is 2. The third-order valence-corrected chi connectivity index (χ3v) is 6.87. The second-order valence-corrected chi connectivity index (χ2v) is 8.77. The predicted octanol–water partition coefficient (Wildman–Crippen LogP) is 4.00. The SMILES string of the molecule is CCc1ccc(NC(=O)[C@@H](CC)Sc2nc3ccsc3c(=O)n2CCC(=O)O)cc1. The van der Waals surface area contributed by atoms with E-state index in [0.717, 1.165) is 6.42 Å². The highest BCUT2D eigenvalue weighted by Gasteiger charge is 2.22. The lowest BCUT2D eigenvalue weighted by Crippen LogP contribution is -2.28. The van der Waals surface area contributed by atoms with Crippen LogP contribution >= 0.6 is 23.1 Å². The minimum absolute atomic E-state index is 0.00781. The molecule has 2 N–H and O–H groups in total. The van der Waals surface area contributed by atoms with E-state index in [0.29, 0.717) is 27.5 Å². The van der Waals surface area contributed by atoms with Crippen LogP contribution in [0.3, 0.4) is 0 Å². The summed E-state index contributed by atoms with van der Waals surface area (Å²) in [5, 5.41) is 13.6. The Bertz CT molecular complexity index is 1110. The van der Waals surface area contributed by atoms with Gasteiger partial charge in [0.15, 0.2) is 5.16 Å². The zero-order chi connectivity index (χ0) is 21.7. The maximum Gasteiger partial charge on any atom is 0.305 e. The lowest BCUT2D eigenvalue weighted by atomic mass is 10.1. The van der Waals surface area contributed by atoms with Gasteiger partial charge in [-0.15, -0.1) is 11.3 Å². The van der Waals surface area contributed by atoms with E-state index in [2.05, 4.69) is 17.2 Å². The number of carboxylic acid groups (broad SMARTS) is 1. The van der Waals surface area contributed by atoms with Crippen LogP contribution in [0, 0.1) is 0 Å². The molecule has 3 rings (SSSR count). The molecule has 0 bridgehead atoms. The van der Waals surface area contributed by atoms with Gasteiger partial charge in [0.05, 0.1) is 17.2 Å². The van der Waals surface area contributed by atoms with Gasteiger partial charge in [-0.2, -0.15) is 0 Å². The summed E-state index contributed by atoms with van der Waals surface area (Å²) in [7, 11) is 0. The molecular formula is C21H23N3O4S2. The molecule has 158 valence electrons. The Kier molecular flexibility index (Phi) is 7.28. The average Bonchev–Trinajstić information content (AvgIpc) is 3.20. The summed E-state index contributed by atoms with van der Waals surface area (Å²) >= 11 is 2.46. The predicted molar refractivity (Wildman–Crippen MR) is 121 cm³/mol. The highest BCUT2D eigenvalue weighted by atomic mass is 32.2. The normalized spacial score (nSPS) is 12.1. The van der Waals surface area contributed by atoms with Gasteiger partial charge in [0.25, 0.3) is 5.56 Å². The van der Waals surface area contributed by atoms with Crippen molar-refractivity contribution < 1.29 is 14.7 Å². The lowest BCUT2D eigenvalue weighted by molar-refractivity contribution is -0.137. The standard InChI is InChI=1S/C21H23N3O4S2/c1-3-13-5-7-14(8-6-13)22-19(27)16(4-2)30-21-23-15-10-12-29-18(15)20(28)24(21)11-9-17(25)26/h5-8,10,12,16H,3-4,9,11H2,1-2H3,(H,22,27)(H,25,26)/t16-/m1/s1. The van der Waals surface area contributed by atoms with Gasteiger partial charge >= 0.3 is 5.97 Å². The first kappa shape index (κ1) is 22.0. The summed E-state index contributed by atoms with van der Waals surface area (Å²) in [6.07, 6.45) is 1.26. The Hall–Kier alpha value is -2.65.